The molecule has 1 heterocycles. The van der Waals surface area contributed by atoms with Gasteiger partial charge in [-0.25, -0.2) is 0 Å². The van der Waals surface area contributed by atoms with E-state index in [4.69, 9.17) is 0 Å². The molecule has 0 radical (unpaired) electrons. The zero-order valence-corrected chi connectivity index (χ0v) is 13.9. The largest absolute Gasteiger partial charge is 0.349 e. The highest BCUT2D eigenvalue weighted by Crippen LogP contribution is 2.40. The summed E-state index contributed by atoms with van der Waals surface area (Å²) in [5.41, 5.74) is 0. The predicted molar refractivity (Wildman–Crippen MR) is 89.2 cm³/mol. The van der Waals surface area contributed by atoms with Crippen molar-refractivity contribution in [3.8, 4) is 0 Å². The maximum absolute atomic E-state index is 12.4. The Morgan fingerprint density at radius 2 is 1.86 bits per heavy atom. The van der Waals surface area contributed by atoms with Crippen LogP contribution in [-0.2, 0) is 4.79 Å². The molecule has 0 bridgehead atoms. The molecule has 2 N–H and O–H groups in total. The van der Waals surface area contributed by atoms with E-state index in [1.165, 1.54) is 50.4 Å². The molecule has 120 valence electrons. The lowest BCUT2D eigenvalue weighted by Gasteiger charge is -2.39. The average molecular weight is 320 g/mol. The summed E-state index contributed by atoms with van der Waals surface area (Å²) in [6.45, 7) is 1.47. The molecule has 2 aliphatic carbocycles. The first-order valence-electron chi connectivity index (χ1n) is 8.30. The number of hydrogen-bond donors (Lipinski definition) is 2. The van der Waals surface area contributed by atoms with E-state index in [9.17, 15) is 9.59 Å². The van der Waals surface area contributed by atoms with Gasteiger partial charge in [-0.15, -0.1) is 11.3 Å². The van der Waals surface area contributed by atoms with Gasteiger partial charge < -0.3 is 10.6 Å². The Morgan fingerprint density at radius 1 is 1.09 bits per heavy atom. The van der Waals surface area contributed by atoms with E-state index in [-0.39, 0.29) is 11.8 Å². The van der Waals surface area contributed by atoms with Crippen LogP contribution in [0.1, 0.15) is 61.5 Å². The van der Waals surface area contributed by atoms with Gasteiger partial charge in [-0.2, -0.15) is 0 Å². The van der Waals surface area contributed by atoms with Crippen molar-refractivity contribution in [1.82, 2.24) is 5.32 Å². The Morgan fingerprint density at radius 3 is 2.64 bits per heavy atom. The minimum Gasteiger partial charge on any atom is -0.349 e. The Kier molecular flexibility index (Phi) is 4.81. The van der Waals surface area contributed by atoms with Gasteiger partial charge in [0, 0.05) is 13.0 Å². The number of thiophene rings is 1. The van der Waals surface area contributed by atoms with Crippen LogP contribution in [0.5, 0.6) is 0 Å². The van der Waals surface area contributed by atoms with Crippen LogP contribution in [0.3, 0.4) is 0 Å². The zero-order chi connectivity index (χ0) is 15.5. The van der Waals surface area contributed by atoms with E-state index in [1.807, 2.05) is 0 Å². The lowest BCUT2D eigenvalue weighted by molar-refractivity contribution is -0.114. The molecular weight excluding hydrogens is 296 g/mol. The number of carbonyl (C=O) groups excluding carboxylic acids is 2. The molecule has 0 saturated heterocycles. The maximum Gasteiger partial charge on any atom is 0.261 e. The van der Waals surface area contributed by atoms with Gasteiger partial charge in [0.15, 0.2) is 0 Å². The van der Waals surface area contributed by atoms with Gasteiger partial charge in [-0.05, 0) is 43.2 Å². The summed E-state index contributed by atoms with van der Waals surface area (Å²) in [4.78, 5) is 24.1. The molecule has 0 spiro atoms. The number of amides is 2. The molecule has 0 aromatic carbocycles. The van der Waals surface area contributed by atoms with Crippen molar-refractivity contribution in [2.24, 2.45) is 11.8 Å². The molecule has 0 aliphatic heterocycles. The van der Waals surface area contributed by atoms with Crippen LogP contribution in [-0.4, -0.2) is 17.9 Å². The maximum atomic E-state index is 12.4. The minimum absolute atomic E-state index is 0.000798. The zero-order valence-electron chi connectivity index (χ0n) is 13.1. The fourth-order valence-corrected chi connectivity index (χ4v) is 4.82. The van der Waals surface area contributed by atoms with Crippen molar-refractivity contribution in [2.75, 3.05) is 5.32 Å². The van der Waals surface area contributed by atoms with Crippen LogP contribution in [0, 0.1) is 11.8 Å². The summed E-state index contributed by atoms with van der Waals surface area (Å²) < 4.78 is 0. The fourth-order valence-electron chi connectivity index (χ4n) is 3.96. The van der Waals surface area contributed by atoms with Gasteiger partial charge in [0.1, 0.15) is 0 Å². The summed E-state index contributed by atoms with van der Waals surface area (Å²) >= 11 is 1.34. The molecule has 2 fully saturated rings. The van der Waals surface area contributed by atoms with Crippen LogP contribution in [0.25, 0.3) is 0 Å². The predicted octanol–water partition coefficient (Wildman–Crippen LogP) is 3.80. The van der Waals surface area contributed by atoms with Gasteiger partial charge in [0.05, 0.1) is 9.88 Å². The lowest BCUT2D eigenvalue weighted by Crippen LogP contribution is -2.41. The molecule has 2 saturated carbocycles. The minimum atomic E-state index is -0.107. The van der Waals surface area contributed by atoms with Crippen molar-refractivity contribution < 1.29 is 9.59 Å². The summed E-state index contributed by atoms with van der Waals surface area (Å²) in [6.07, 6.45) is 8.97. The van der Waals surface area contributed by atoms with Crippen LogP contribution < -0.4 is 10.6 Å². The normalized spacial score (nSPS) is 27.8. The Bertz CT molecular complexity index is 555. The average Bonchev–Trinajstić information content (AvgIpc) is 2.95. The van der Waals surface area contributed by atoms with E-state index in [0.717, 1.165) is 29.7 Å². The number of carbonyl (C=O) groups is 2. The topological polar surface area (TPSA) is 58.2 Å². The summed E-state index contributed by atoms with van der Waals surface area (Å²) in [6, 6.07) is 3.90. The second kappa shape index (κ2) is 6.82. The molecule has 3 atom stereocenters. The highest BCUT2D eigenvalue weighted by Gasteiger charge is 2.32. The number of nitrogens with one attached hydrogen (secondary N) is 2. The molecule has 4 nitrogen and oxygen atoms in total. The van der Waals surface area contributed by atoms with E-state index < -0.39 is 0 Å². The quantitative estimate of drug-likeness (QED) is 0.890. The van der Waals surface area contributed by atoms with Gasteiger partial charge in [0.2, 0.25) is 5.91 Å². The lowest BCUT2D eigenvalue weighted by atomic mass is 9.69. The first-order chi connectivity index (χ1) is 10.6. The van der Waals surface area contributed by atoms with E-state index in [1.54, 1.807) is 12.1 Å². The van der Waals surface area contributed by atoms with Crippen molar-refractivity contribution in [3.05, 3.63) is 17.0 Å². The van der Waals surface area contributed by atoms with Crippen LogP contribution in [0.2, 0.25) is 0 Å². The monoisotopic (exact) mass is 320 g/mol. The van der Waals surface area contributed by atoms with Crippen molar-refractivity contribution in [1.29, 1.82) is 0 Å². The summed E-state index contributed by atoms with van der Waals surface area (Å²) in [5, 5.41) is 6.64. The molecular formula is C17H24N2O2S. The third-order valence-electron chi connectivity index (χ3n) is 5.00. The summed E-state index contributed by atoms with van der Waals surface area (Å²) in [7, 11) is 0. The van der Waals surface area contributed by atoms with Crippen LogP contribution in [0.4, 0.5) is 5.00 Å². The number of fused-ring (bicyclic) bond motifs is 1. The van der Waals surface area contributed by atoms with Crippen molar-refractivity contribution in [3.63, 3.8) is 0 Å². The molecule has 2 aliphatic rings. The van der Waals surface area contributed by atoms with Crippen LogP contribution >= 0.6 is 11.3 Å². The smallest absolute Gasteiger partial charge is 0.261 e. The number of hydrogen-bond acceptors (Lipinski definition) is 3. The van der Waals surface area contributed by atoms with Gasteiger partial charge in [-0.3, -0.25) is 9.59 Å². The second-order valence-corrected chi connectivity index (χ2v) is 7.72. The molecule has 3 rings (SSSR count). The van der Waals surface area contributed by atoms with Crippen molar-refractivity contribution in [2.45, 2.75) is 57.9 Å². The molecule has 1 aromatic rings. The Labute approximate surface area is 135 Å². The van der Waals surface area contributed by atoms with Gasteiger partial charge in [-0.1, -0.05) is 25.7 Å². The Hall–Kier alpha value is -1.36. The van der Waals surface area contributed by atoms with Crippen LogP contribution in [0.15, 0.2) is 12.1 Å². The molecule has 1 aromatic heterocycles. The molecule has 2 amide bonds. The van der Waals surface area contributed by atoms with E-state index in [0.29, 0.717) is 10.9 Å². The first kappa shape index (κ1) is 15.5. The second-order valence-electron chi connectivity index (χ2n) is 6.63. The fraction of sp³-hybridized carbons (Fsp3) is 0.647. The molecule has 5 heteroatoms. The first-order valence-corrected chi connectivity index (χ1v) is 9.12. The van der Waals surface area contributed by atoms with Gasteiger partial charge >= 0.3 is 0 Å². The molecule has 0 unspecified atom stereocenters. The van der Waals surface area contributed by atoms with Crippen molar-refractivity contribution >= 4 is 28.2 Å². The number of anilines is 1. The highest BCUT2D eigenvalue weighted by atomic mass is 32.1. The third kappa shape index (κ3) is 3.69. The van der Waals surface area contributed by atoms with Gasteiger partial charge in [0.25, 0.3) is 5.91 Å². The van der Waals surface area contributed by atoms with E-state index >= 15 is 0 Å². The SMILES string of the molecule is CC(=O)Nc1ccc(C(=O)N[C@@H]2CC[C@@H]3CCCC[C@@H]3C2)s1. The number of rotatable bonds is 3. The Balaban J connectivity index is 1.55. The third-order valence-corrected chi connectivity index (χ3v) is 6.00. The van der Waals surface area contributed by atoms with E-state index in [2.05, 4.69) is 10.6 Å². The molecule has 22 heavy (non-hydrogen) atoms. The highest BCUT2D eigenvalue weighted by molar-refractivity contribution is 7.18. The summed E-state index contributed by atoms with van der Waals surface area (Å²) in [5.74, 6) is 1.60. The standard InChI is InChI=1S/C17H24N2O2S/c1-11(20)18-16-9-8-15(22-16)17(21)19-14-7-6-12-4-2-3-5-13(12)10-14/h8-9,12-14H,2-7,10H2,1H3,(H,18,20)(H,19,21)/t12-,13+,14+/m0/s1.